The number of aryl methyl sites for hydroxylation is 2. The lowest BCUT2D eigenvalue weighted by molar-refractivity contribution is -0.142. The van der Waals surface area contributed by atoms with Gasteiger partial charge in [-0.25, -0.2) is 9.37 Å². The number of aromatic nitrogens is 1. The number of ether oxygens (including phenoxy) is 2. The molecule has 1 aromatic heterocycles. The number of pyridine rings is 1. The molecule has 7 nitrogen and oxygen atoms in total. The highest BCUT2D eigenvalue weighted by atomic mass is 19.1. The quantitative estimate of drug-likeness (QED) is 0.379. The van der Waals surface area contributed by atoms with Crippen LogP contribution >= 0.6 is 0 Å². The minimum absolute atomic E-state index is 0.0611. The van der Waals surface area contributed by atoms with Gasteiger partial charge in [-0.15, -0.1) is 0 Å². The smallest absolute Gasteiger partial charge is 0.322 e. The van der Waals surface area contributed by atoms with Crippen molar-refractivity contribution in [2.75, 3.05) is 52.3 Å². The summed E-state index contributed by atoms with van der Waals surface area (Å²) in [4.78, 5) is 18.2. The minimum Gasteiger partial charge on any atom is -0.468 e. The van der Waals surface area contributed by atoms with Gasteiger partial charge in [-0.1, -0.05) is 6.07 Å². The number of alkyl halides is 1. The number of nitrogens with two attached hydrogens (primary N) is 1. The van der Waals surface area contributed by atoms with Gasteiger partial charge in [0.15, 0.2) is 0 Å². The molecule has 3 N–H and O–H groups in total. The first-order chi connectivity index (χ1) is 14.0. The van der Waals surface area contributed by atoms with Gasteiger partial charge >= 0.3 is 5.97 Å². The third-order valence-corrected chi connectivity index (χ3v) is 5.17. The predicted octanol–water partition coefficient (Wildman–Crippen LogP) is 1.94. The summed E-state index contributed by atoms with van der Waals surface area (Å²) >= 11 is 0. The number of nitrogens with one attached hydrogen (secondary N) is 1. The average molecular weight is 411 g/mol. The second kappa shape index (κ2) is 12.7. The number of hydrogen-bond acceptors (Lipinski definition) is 7. The van der Waals surface area contributed by atoms with Crippen LogP contribution in [-0.4, -0.2) is 75.1 Å². The molecule has 0 saturated heterocycles. The number of fused-ring (bicyclic) bond motifs is 1. The van der Waals surface area contributed by atoms with E-state index < -0.39 is 18.2 Å². The number of methoxy groups -OCH3 is 2. The Morgan fingerprint density at radius 2 is 2.17 bits per heavy atom. The van der Waals surface area contributed by atoms with Gasteiger partial charge in [0, 0.05) is 32.4 Å². The lowest BCUT2D eigenvalue weighted by atomic mass is 10.1. The molecule has 2 heterocycles. The molecule has 2 rings (SSSR count). The van der Waals surface area contributed by atoms with Crippen molar-refractivity contribution in [1.82, 2.24) is 9.88 Å². The molecule has 0 unspecified atom stereocenters. The number of carbonyl (C=O) groups excluding carboxylic acids is 1. The minimum atomic E-state index is -1.07. The second-order valence-electron chi connectivity index (χ2n) is 7.57. The lowest BCUT2D eigenvalue weighted by Gasteiger charge is -2.25. The summed E-state index contributed by atoms with van der Waals surface area (Å²) in [5.41, 5.74) is 8.19. The van der Waals surface area contributed by atoms with Crippen LogP contribution in [-0.2, 0) is 27.1 Å². The van der Waals surface area contributed by atoms with Gasteiger partial charge in [0.2, 0.25) is 0 Å². The first kappa shape index (κ1) is 23.5. The number of carbonyl (C=O) groups is 1. The highest BCUT2D eigenvalue weighted by Gasteiger charge is 2.18. The van der Waals surface area contributed by atoms with Crippen molar-refractivity contribution < 1.29 is 18.7 Å². The number of esters is 1. The fourth-order valence-corrected chi connectivity index (χ4v) is 3.55. The van der Waals surface area contributed by atoms with Crippen LogP contribution in [0, 0.1) is 0 Å². The Bertz CT molecular complexity index is 632. The molecule has 0 aromatic carbocycles. The van der Waals surface area contributed by atoms with E-state index >= 15 is 0 Å². The van der Waals surface area contributed by atoms with Gasteiger partial charge in [-0.2, -0.15) is 0 Å². The second-order valence-corrected chi connectivity index (χ2v) is 7.57. The largest absolute Gasteiger partial charge is 0.468 e. The molecule has 0 amide bonds. The Morgan fingerprint density at radius 1 is 1.34 bits per heavy atom. The van der Waals surface area contributed by atoms with Crippen molar-refractivity contribution in [3.05, 3.63) is 23.4 Å². The molecule has 0 spiro atoms. The van der Waals surface area contributed by atoms with Crippen LogP contribution in [0.15, 0.2) is 12.1 Å². The highest BCUT2D eigenvalue weighted by molar-refractivity contribution is 5.75. The maximum Gasteiger partial charge on any atom is 0.322 e. The molecule has 0 bridgehead atoms. The number of unbranched alkanes of at least 4 members (excludes halogenated alkanes) is 1. The van der Waals surface area contributed by atoms with Crippen LogP contribution < -0.4 is 11.1 Å². The van der Waals surface area contributed by atoms with Crippen molar-refractivity contribution in [3.8, 4) is 0 Å². The lowest BCUT2D eigenvalue weighted by Crippen LogP contribution is -2.39. The number of anilines is 1. The van der Waals surface area contributed by atoms with Crippen LogP contribution in [0.1, 0.15) is 36.9 Å². The summed E-state index contributed by atoms with van der Waals surface area (Å²) in [6.45, 7) is 2.59. The van der Waals surface area contributed by atoms with Crippen LogP contribution in [0.5, 0.6) is 0 Å². The van der Waals surface area contributed by atoms with Crippen molar-refractivity contribution in [2.45, 2.75) is 50.7 Å². The molecule has 8 heteroatoms. The summed E-state index contributed by atoms with van der Waals surface area (Å²) < 4.78 is 23.6. The van der Waals surface area contributed by atoms with Crippen LogP contribution in [0.3, 0.4) is 0 Å². The zero-order valence-electron chi connectivity index (χ0n) is 17.7. The fraction of sp³-hybridized carbons (Fsp3) is 0.714. The molecule has 1 aliphatic heterocycles. The summed E-state index contributed by atoms with van der Waals surface area (Å²) in [6.07, 6.45) is 4.38. The third kappa shape index (κ3) is 8.24. The summed E-state index contributed by atoms with van der Waals surface area (Å²) in [5, 5.41) is 3.36. The Morgan fingerprint density at radius 3 is 2.93 bits per heavy atom. The zero-order valence-corrected chi connectivity index (χ0v) is 17.7. The Kier molecular flexibility index (Phi) is 10.3. The maximum atomic E-state index is 14.0. The van der Waals surface area contributed by atoms with Crippen molar-refractivity contribution in [1.29, 1.82) is 0 Å². The molecular weight excluding hydrogens is 375 g/mol. The number of halogens is 1. The predicted molar refractivity (Wildman–Crippen MR) is 112 cm³/mol. The zero-order chi connectivity index (χ0) is 21.1. The molecular formula is C21H35FN4O3. The standard InChI is InChI=1S/C21H35FN4O3/c1-28-15-17(22)14-26(13-10-19(23)21(27)29-2)12-4-3-7-18-9-8-16-6-5-11-24-20(16)25-18/h8-9,17,19H,3-7,10-15,23H2,1-2H3,(H,24,25)/t17-,19-/m0/s1. The van der Waals surface area contributed by atoms with Crippen LogP contribution in [0.2, 0.25) is 0 Å². The fourth-order valence-electron chi connectivity index (χ4n) is 3.55. The van der Waals surface area contributed by atoms with Crippen LogP contribution in [0.4, 0.5) is 10.2 Å². The first-order valence-corrected chi connectivity index (χ1v) is 10.4. The third-order valence-electron chi connectivity index (χ3n) is 5.17. The maximum absolute atomic E-state index is 14.0. The van der Waals surface area contributed by atoms with E-state index in [4.69, 9.17) is 15.5 Å². The van der Waals surface area contributed by atoms with E-state index in [1.807, 2.05) is 4.90 Å². The molecule has 0 saturated carbocycles. The molecule has 0 fully saturated rings. The number of rotatable bonds is 13. The molecule has 29 heavy (non-hydrogen) atoms. The van der Waals surface area contributed by atoms with Crippen molar-refractivity contribution in [3.63, 3.8) is 0 Å². The average Bonchev–Trinajstić information content (AvgIpc) is 2.73. The van der Waals surface area contributed by atoms with Gasteiger partial charge in [0.05, 0.1) is 13.7 Å². The molecule has 0 aliphatic carbocycles. The van der Waals surface area contributed by atoms with E-state index in [0.29, 0.717) is 13.0 Å². The summed E-state index contributed by atoms with van der Waals surface area (Å²) in [6, 6.07) is 3.59. The molecule has 1 aliphatic rings. The van der Waals surface area contributed by atoms with E-state index in [-0.39, 0.29) is 13.2 Å². The van der Waals surface area contributed by atoms with E-state index in [1.54, 1.807) is 0 Å². The first-order valence-electron chi connectivity index (χ1n) is 10.4. The molecule has 0 radical (unpaired) electrons. The summed E-state index contributed by atoms with van der Waals surface area (Å²) in [7, 11) is 2.81. The Labute approximate surface area is 173 Å². The Hall–Kier alpha value is -1.77. The van der Waals surface area contributed by atoms with E-state index in [0.717, 1.165) is 56.7 Å². The van der Waals surface area contributed by atoms with Crippen molar-refractivity contribution in [2.24, 2.45) is 5.73 Å². The van der Waals surface area contributed by atoms with Gasteiger partial charge < -0.3 is 25.4 Å². The molecule has 2 atom stereocenters. The molecule has 164 valence electrons. The monoisotopic (exact) mass is 410 g/mol. The van der Waals surface area contributed by atoms with E-state index in [9.17, 15) is 9.18 Å². The number of hydrogen-bond donors (Lipinski definition) is 2. The SMILES string of the molecule is COC[C@@H](F)CN(CCCCc1ccc2c(n1)NCCC2)CC[C@H](N)C(=O)OC. The number of nitrogens with zero attached hydrogens (tertiary/aromatic N) is 2. The van der Waals surface area contributed by atoms with Gasteiger partial charge in [-0.3, -0.25) is 4.79 Å². The van der Waals surface area contributed by atoms with Crippen molar-refractivity contribution >= 4 is 11.8 Å². The van der Waals surface area contributed by atoms with Gasteiger partial charge in [0.1, 0.15) is 18.0 Å². The van der Waals surface area contributed by atoms with Gasteiger partial charge in [0.25, 0.3) is 0 Å². The molecule has 1 aromatic rings. The Balaban J connectivity index is 1.78. The van der Waals surface area contributed by atoms with Crippen LogP contribution in [0.25, 0.3) is 0 Å². The topological polar surface area (TPSA) is 89.7 Å². The van der Waals surface area contributed by atoms with E-state index in [2.05, 4.69) is 22.2 Å². The summed E-state index contributed by atoms with van der Waals surface area (Å²) in [5.74, 6) is 0.581. The van der Waals surface area contributed by atoms with Gasteiger partial charge in [-0.05, 0) is 56.7 Å². The highest BCUT2D eigenvalue weighted by Crippen LogP contribution is 2.20. The normalized spacial score (nSPS) is 15.5. The van der Waals surface area contributed by atoms with E-state index in [1.165, 1.54) is 19.8 Å².